The van der Waals surface area contributed by atoms with Crippen molar-refractivity contribution in [3.63, 3.8) is 0 Å². The van der Waals surface area contributed by atoms with Crippen LogP contribution in [0.1, 0.15) is 60.8 Å². The molecule has 0 radical (unpaired) electrons. The van der Waals surface area contributed by atoms with Crippen molar-refractivity contribution in [2.75, 3.05) is 19.8 Å². The summed E-state index contributed by atoms with van der Waals surface area (Å²) in [6.07, 6.45) is 2.83. The van der Waals surface area contributed by atoms with Gasteiger partial charge in [0.2, 0.25) is 0 Å². The Morgan fingerprint density at radius 2 is 1.74 bits per heavy atom. The molecule has 0 unspecified atom stereocenters. The molecule has 114 valence electrons. The highest BCUT2D eigenvalue weighted by Gasteiger charge is 2.26. The molecule has 0 aromatic rings. The molecule has 0 fully saturated rings. The van der Waals surface area contributed by atoms with Crippen LogP contribution >= 0.6 is 0 Å². The predicted octanol–water partition coefficient (Wildman–Crippen LogP) is 3.32. The Hall–Kier alpha value is -0.770. The quantitative estimate of drug-likeness (QED) is 0.666. The molecule has 0 aliphatic carbocycles. The number of hydrogen-bond acceptors (Lipinski definition) is 2. The predicted molar refractivity (Wildman–Crippen MR) is 80.4 cm³/mol. The van der Waals surface area contributed by atoms with E-state index in [1.807, 2.05) is 0 Å². The van der Waals surface area contributed by atoms with Gasteiger partial charge < -0.3 is 15.4 Å². The summed E-state index contributed by atoms with van der Waals surface area (Å²) < 4.78 is 5.36. The zero-order valence-corrected chi connectivity index (χ0v) is 13.6. The van der Waals surface area contributed by atoms with Gasteiger partial charge in [-0.1, -0.05) is 27.7 Å². The maximum Gasteiger partial charge on any atom is 0.315 e. The normalized spacial score (nSPS) is 12.3. The Morgan fingerprint density at radius 3 is 2.26 bits per heavy atom. The second-order valence-electron chi connectivity index (χ2n) is 6.97. The van der Waals surface area contributed by atoms with Crippen LogP contribution in [0, 0.1) is 5.41 Å². The van der Waals surface area contributed by atoms with E-state index < -0.39 is 0 Å². The van der Waals surface area contributed by atoms with E-state index >= 15 is 0 Å². The van der Waals surface area contributed by atoms with Crippen LogP contribution in [-0.2, 0) is 4.74 Å². The molecule has 0 saturated carbocycles. The fourth-order valence-corrected chi connectivity index (χ4v) is 2.34. The monoisotopic (exact) mass is 272 g/mol. The van der Waals surface area contributed by atoms with Crippen molar-refractivity contribution in [1.82, 2.24) is 10.6 Å². The van der Waals surface area contributed by atoms with E-state index in [9.17, 15) is 4.79 Å². The lowest BCUT2D eigenvalue weighted by molar-refractivity contribution is 0.132. The van der Waals surface area contributed by atoms with Gasteiger partial charge in [-0.2, -0.15) is 0 Å². The highest BCUT2D eigenvalue weighted by Crippen LogP contribution is 2.26. The fourth-order valence-electron chi connectivity index (χ4n) is 2.34. The molecule has 2 amide bonds. The molecule has 0 aromatic carbocycles. The maximum atomic E-state index is 11.8. The van der Waals surface area contributed by atoms with Crippen molar-refractivity contribution in [2.24, 2.45) is 5.41 Å². The fraction of sp³-hybridized carbons (Fsp3) is 0.933. The SMILES string of the molecule is CCCOCCCNC(=O)NC(C)(C)CC(C)(C)C. The molecule has 0 bridgehead atoms. The van der Waals surface area contributed by atoms with Crippen molar-refractivity contribution < 1.29 is 9.53 Å². The lowest BCUT2D eigenvalue weighted by Gasteiger charge is -2.33. The zero-order chi connectivity index (χ0) is 14.9. The maximum absolute atomic E-state index is 11.8. The molecule has 0 atom stereocenters. The average molecular weight is 272 g/mol. The minimum atomic E-state index is -0.193. The van der Waals surface area contributed by atoms with Gasteiger partial charge in [-0.15, -0.1) is 0 Å². The molecule has 2 N–H and O–H groups in total. The largest absolute Gasteiger partial charge is 0.381 e. The Morgan fingerprint density at radius 1 is 1.11 bits per heavy atom. The van der Waals surface area contributed by atoms with Gasteiger partial charge in [0.15, 0.2) is 0 Å². The number of ether oxygens (including phenoxy) is 1. The number of hydrogen-bond donors (Lipinski definition) is 2. The van der Waals surface area contributed by atoms with Crippen molar-refractivity contribution in [2.45, 2.75) is 66.3 Å². The topological polar surface area (TPSA) is 50.4 Å². The van der Waals surface area contributed by atoms with Crippen molar-refractivity contribution in [1.29, 1.82) is 0 Å². The van der Waals surface area contributed by atoms with Gasteiger partial charge in [-0.25, -0.2) is 4.79 Å². The first-order valence-corrected chi connectivity index (χ1v) is 7.30. The first kappa shape index (κ1) is 18.2. The van der Waals surface area contributed by atoms with Gasteiger partial charge in [0.1, 0.15) is 0 Å². The van der Waals surface area contributed by atoms with Crippen LogP contribution in [0.25, 0.3) is 0 Å². The first-order chi connectivity index (χ1) is 8.66. The number of carbonyl (C=O) groups excluding carboxylic acids is 1. The summed E-state index contributed by atoms with van der Waals surface area (Å²) in [4.78, 5) is 11.8. The highest BCUT2D eigenvalue weighted by molar-refractivity contribution is 5.74. The van der Waals surface area contributed by atoms with E-state index in [2.05, 4.69) is 52.2 Å². The summed E-state index contributed by atoms with van der Waals surface area (Å²) in [6, 6.07) is -0.0928. The zero-order valence-electron chi connectivity index (χ0n) is 13.6. The van der Waals surface area contributed by atoms with Crippen LogP contribution in [0.2, 0.25) is 0 Å². The molecule has 0 aliphatic rings. The minimum absolute atomic E-state index is 0.0928. The van der Waals surface area contributed by atoms with Gasteiger partial charge in [-0.3, -0.25) is 0 Å². The van der Waals surface area contributed by atoms with E-state index in [0.717, 1.165) is 25.9 Å². The molecular formula is C15H32N2O2. The molecule has 0 spiro atoms. The number of amides is 2. The summed E-state index contributed by atoms with van der Waals surface area (Å²) >= 11 is 0. The number of nitrogens with one attached hydrogen (secondary N) is 2. The van der Waals surface area contributed by atoms with E-state index in [1.54, 1.807) is 0 Å². The van der Waals surface area contributed by atoms with E-state index in [0.29, 0.717) is 13.2 Å². The second-order valence-corrected chi connectivity index (χ2v) is 6.97. The average Bonchev–Trinajstić information content (AvgIpc) is 2.18. The molecular weight excluding hydrogens is 240 g/mol. The minimum Gasteiger partial charge on any atom is -0.381 e. The highest BCUT2D eigenvalue weighted by atomic mass is 16.5. The van der Waals surface area contributed by atoms with Gasteiger partial charge in [0, 0.05) is 25.3 Å². The van der Waals surface area contributed by atoms with Crippen LogP contribution in [0.3, 0.4) is 0 Å². The molecule has 4 nitrogen and oxygen atoms in total. The Bertz CT molecular complexity index is 257. The summed E-state index contributed by atoms with van der Waals surface area (Å²) in [6.45, 7) is 14.9. The van der Waals surface area contributed by atoms with Crippen LogP contribution in [0.5, 0.6) is 0 Å². The van der Waals surface area contributed by atoms with Crippen LogP contribution < -0.4 is 10.6 Å². The smallest absolute Gasteiger partial charge is 0.315 e. The van der Waals surface area contributed by atoms with Gasteiger partial charge in [0.05, 0.1) is 0 Å². The standard InChI is InChI=1S/C15H32N2O2/c1-7-10-19-11-8-9-16-13(18)17-15(5,6)12-14(2,3)4/h7-12H2,1-6H3,(H2,16,17,18). The molecule has 0 saturated heterocycles. The Kier molecular flexibility index (Phi) is 8.07. The molecule has 19 heavy (non-hydrogen) atoms. The molecule has 0 aliphatic heterocycles. The Labute approximate surface area is 118 Å². The summed E-state index contributed by atoms with van der Waals surface area (Å²) in [5, 5.41) is 5.90. The van der Waals surface area contributed by atoms with Crippen molar-refractivity contribution in [3.8, 4) is 0 Å². The van der Waals surface area contributed by atoms with E-state index in [4.69, 9.17) is 4.74 Å². The summed E-state index contributed by atoms with van der Waals surface area (Å²) in [5.74, 6) is 0. The van der Waals surface area contributed by atoms with Gasteiger partial charge in [-0.05, 0) is 38.5 Å². The second kappa shape index (κ2) is 8.41. The number of rotatable bonds is 8. The first-order valence-electron chi connectivity index (χ1n) is 7.30. The summed E-state index contributed by atoms with van der Waals surface area (Å²) in [7, 11) is 0. The third-order valence-electron chi connectivity index (χ3n) is 2.52. The van der Waals surface area contributed by atoms with Crippen molar-refractivity contribution >= 4 is 6.03 Å². The van der Waals surface area contributed by atoms with Crippen LogP contribution in [0.15, 0.2) is 0 Å². The molecule has 0 aromatic heterocycles. The lowest BCUT2D eigenvalue weighted by Crippen LogP contribution is -2.50. The molecule has 0 rings (SSSR count). The third kappa shape index (κ3) is 12.0. The van der Waals surface area contributed by atoms with E-state index in [1.165, 1.54) is 0 Å². The lowest BCUT2D eigenvalue weighted by atomic mass is 9.82. The molecule has 0 heterocycles. The van der Waals surface area contributed by atoms with Crippen LogP contribution in [-0.4, -0.2) is 31.3 Å². The van der Waals surface area contributed by atoms with Crippen LogP contribution in [0.4, 0.5) is 4.79 Å². The number of carbonyl (C=O) groups is 1. The third-order valence-corrected chi connectivity index (χ3v) is 2.52. The van der Waals surface area contributed by atoms with E-state index in [-0.39, 0.29) is 17.0 Å². The Balaban J connectivity index is 3.79. The molecule has 4 heteroatoms. The van der Waals surface area contributed by atoms with Crippen molar-refractivity contribution in [3.05, 3.63) is 0 Å². The number of urea groups is 1. The van der Waals surface area contributed by atoms with Gasteiger partial charge >= 0.3 is 6.03 Å². The summed E-state index contributed by atoms with van der Waals surface area (Å²) in [5.41, 5.74) is 0.00577. The van der Waals surface area contributed by atoms with Gasteiger partial charge in [0.25, 0.3) is 0 Å².